The molecule has 0 aromatic heterocycles. The Morgan fingerprint density at radius 1 is 0.256 bits per heavy atom. The van der Waals surface area contributed by atoms with E-state index >= 15 is 0 Å². The zero-order valence-corrected chi connectivity index (χ0v) is 54.2. The summed E-state index contributed by atoms with van der Waals surface area (Å²) in [5.41, 5.74) is 0. The van der Waals surface area contributed by atoms with E-state index in [0.29, 0.717) is 19.3 Å². The SMILES string of the molecule is CC/C=C\C/C=C\C/C=C\C/C=C\C/C=C\CCCC(=O)OC(COC(=O)CCCCC/C=C\C/C=C\C/C=C\CC)COC(=O)CCCCCCCCCCCCCCCCCCCCCCCCCCCCCCCCCCCC. The van der Waals surface area contributed by atoms with Gasteiger partial charge in [0.2, 0.25) is 0 Å². The predicted molar refractivity (Wildman–Crippen MR) is 357 cm³/mol. The van der Waals surface area contributed by atoms with Gasteiger partial charge in [-0.3, -0.25) is 14.4 Å². The molecule has 0 heterocycles. The number of allylic oxidation sites excluding steroid dienone is 16. The largest absolute Gasteiger partial charge is 0.462 e. The van der Waals surface area contributed by atoms with E-state index in [4.69, 9.17) is 14.2 Å². The Bertz CT molecular complexity index is 1590. The summed E-state index contributed by atoms with van der Waals surface area (Å²) >= 11 is 0. The molecule has 0 aliphatic heterocycles. The molecule has 0 spiro atoms. The van der Waals surface area contributed by atoms with Gasteiger partial charge in [-0.15, -0.1) is 0 Å². The van der Waals surface area contributed by atoms with E-state index in [1.54, 1.807) is 0 Å². The van der Waals surface area contributed by atoms with Crippen molar-refractivity contribution in [2.45, 2.75) is 354 Å². The lowest BCUT2D eigenvalue weighted by atomic mass is 10.0. The molecule has 0 aliphatic carbocycles. The molecule has 0 aromatic rings. The Morgan fingerprint density at radius 3 is 0.780 bits per heavy atom. The van der Waals surface area contributed by atoms with Crippen molar-refractivity contribution < 1.29 is 28.6 Å². The van der Waals surface area contributed by atoms with Crippen LogP contribution in [0.1, 0.15) is 348 Å². The van der Waals surface area contributed by atoms with Gasteiger partial charge in [0, 0.05) is 19.3 Å². The Balaban J connectivity index is 4.16. The second kappa shape index (κ2) is 69.8. The Kier molecular flexibility index (Phi) is 66.7. The van der Waals surface area contributed by atoms with Gasteiger partial charge in [-0.25, -0.2) is 0 Å². The molecule has 82 heavy (non-hydrogen) atoms. The number of rotatable bonds is 64. The van der Waals surface area contributed by atoms with Crippen molar-refractivity contribution >= 4 is 17.9 Å². The van der Waals surface area contributed by atoms with Crippen molar-refractivity contribution in [3.63, 3.8) is 0 Å². The highest BCUT2D eigenvalue weighted by Crippen LogP contribution is 2.18. The number of carbonyl (C=O) groups is 3. The van der Waals surface area contributed by atoms with E-state index in [1.807, 2.05) is 0 Å². The first-order chi connectivity index (χ1) is 40.5. The fraction of sp³-hybridized carbons (Fsp3) is 0.750. The highest BCUT2D eigenvalue weighted by atomic mass is 16.6. The molecule has 1 unspecified atom stereocenters. The maximum Gasteiger partial charge on any atom is 0.306 e. The van der Waals surface area contributed by atoms with Crippen LogP contribution in [0.15, 0.2) is 97.2 Å². The van der Waals surface area contributed by atoms with E-state index in [9.17, 15) is 14.4 Å². The lowest BCUT2D eigenvalue weighted by Gasteiger charge is -2.18. The van der Waals surface area contributed by atoms with Gasteiger partial charge in [-0.05, 0) is 89.9 Å². The quantitative estimate of drug-likeness (QED) is 0.0261. The monoisotopic (exact) mass is 1140 g/mol. The van der Waals surface area contributed by atoms with Crippen molar-refractivity contribution in [2.24, 2.45) is 0 Å². The van der Waals surface area contributed by atoms with E-state index in [2.05, 4.69) is 118 Å². The van der Waals surface area contributed by atoms with Crippen molar-refractivity contribution in [3.05, 3.63) is 97.2 Å². The lowest BCUT2D eigenvalue weighted by molar-refractivity contribution is -0.167. The topological polar surface area (TPSA) is 78.9 Å². The average Bonchev–Trinajstić information content (AvgIpc) is 3.47. The molecule has 0 N–H and O–H groups in total. The molecule has 6 heteroatoms. The predicted octanol–water partition coefficient (Wildman–Crippen LogP) is 24.4. The van der Waals surface area contributed by atoms with Crippen LogP contribution in [0, 0.1) is 0 Å². The molecule has 0 aliphatic rings. The third-order valence-electron chi connectivity index (χ3n) is 15.3. The molecule has 0 bridgehead atoms. The Hall–Kier alpha value is -3.67. The highest BCUT2D eigenvalue weighted by Gasteiger charge is 2.19. The van der Waals surface area contributed by atoms with E-state index < -0.39 is 6.10 Å². The standard InChI is InChI=1S/C76H132O6/c1-4-7-10-13-16-19-22-25-27-29-30-31-32-33-34-35-36-37-38-39-40-41-42-43-44-45-47-48-51-54-57-60-63-66-69-75(78)81-72-73(71-80-74(77)68-65-62-59-56-53-50-24-21-18-15-12-9-6-3)82-76(79)70-67-64-61-58-55-52-49-46-28-26-23-20-17-14-11-8-5-2/h8-9,11-12,17-18,20-21,26,28,49-50,52-53,58,61,73H,4-7,10,13-16,19,22-25,27,29-48,51,54-57,59-60,62-72H2,1-3H3/b11-8-,12-9-,20-17-,21-18-,28-26-,52-49-,53-50-,61-58-. The van der Waals surface area contributed by atoms with Gasteiger partial charge in [0.1, 0.15) is 13.2 Å². The van der Waals surface area contributed by atoms with E-state index in [-0.39, 0.29) is 37.5 Å². The summed E-state index contributed by atoms with van der Waals surface area (Å²) in [6.07, 6.45) is 94.8. The lowest BCUT2D eigenvalue weighted by Crippen LogP contribution is -2.30. The minimum atomic E-state index is -0.820. The molecule has 0 radical (unpaired) electrons. The fourth-order valence-corrected chi connectivity index (χ4v) is 10.1. The van der Waals surface area contributed by atoms with Gasteiger partial charge in [-0.1, -0.05) is 336 Å². The molecular weight excluding hydrogens is 1010 g/mol. The highest BCUT2D eigenvalue weighted by molar-refractivity contribution is 5.71. The maximum absolute atomic E-state index is 12.9. The number of unbranched alkanes of at least 4 members (excludes halogenated alkanes) is 37. The van der Waals surface area contributed by atoms with Gasteiger partial charge >= 0.3 is 17.9 Å². The van der Waals surface area contributed by atoms with Gasteiger partial charge < -0.3 is 14.2 Å². The molecule has 0 amide bonds. The summed E-state index contributed by atoms with van der Waals surface area (Å²) in [4.78, 5) is 38.3. The minimum Gasteiger partial charge on any atom is -0.462 e. The molecule has 0 fully saturated rings. The number of hydrogen-bond acceptors (Lipinski definition) is 6. The van der Waals surface area contributed by atoms with Crippen LogP contribution in [0.4, 0.5) is 0 Å². The van der Waals surface area contributed by atoms with Crippen LogP contribution < -0.4 is 0 Å². The summed E-state index contributed by atoms with van der Waals surface area (Å²) in [5, 5.41) is 0. The fourth-order valence-electron chi connectivity index (χ4n) is 10.1. The molecule has 6 nitrogen and oxygen atoms in total. The molecule has 0 rings (SSSR count). The van der Waals surface area contributed by atoms with Crippen LogP contribution in [0.2, 0.25) is 0 Å². The Morgan fingerprint density at radius 2 is 0.488 bits per heavy atom. The number of esters is 3. The van der Waals surface area contributed by atoms with Crippen LogP contribution in [0.25, 0.3) is 0 Å². The van der Waals surface area contributed by atoms with Gasteiger partial charge in [0.25, 0.3) is 0 Å². The maximum atomic E-state index is 12.9. The van der Waals surface area contributed by atoms with Gasteiger partial charge in [0.15, 0.2) is 6.10 Å². The zero-order valence-electron chi connectivity index (χ0n) is 54.2. The Labute approximate surface area is 508 Å². The molecule has 0 saturated heterocycles. The van der Waals surface area contributed by atoms with Gasteiger partial charge in [0.05, 0.1) is 0 Å². The molecule has 1 atom stereocenters. The molecule has 0 saturated carbocycles. The van der Waals surface area contributed by atoms with Crippen molar-refractivity contribution in [2.75, 3.05) is 13.2 Å². The van der Waals surface area contributed by atoms with E-state index in [0.717, 1.165) is 103 Å². The number of hydrogen-bond donors (Lipinski definition) is 0. The van der Waals surface area contributed by atoms with Gasteiger partial charge in [-0.2, -0.15) is 0 Å². The van der Waals surface area contributed by atoms with E-state index in [1.165, 1.54) is 199 Å². The first-order valence-corrected chi connectivity index (χ1v) is 35.2. The number of ether oxygens (including phenoxy) is 3. The smallest absolute Gasteiger partial charge is 0.306 e. The normalized spacial score (nSPS) is 12.7. The van der Waals surface area contributed by atoms with Crippen LogP contribution in [0.5, 0.6) is 0 Å². The summed E-state index contributed by atoms with van der Waals surface area (Å²) in [5.74, 6) is -0.987. The second-order valence-electron chi connectivity index (χ2n) is 23.4. The van der Waals surface area contributed by atoms with Crippen molar-refractivity contribution in [1.82, 2.24) is 0 Å². The summed E-state index contributed by atoms with van der Waals surface area (Å²) < 4.78 is 16.8. The molecule has 472 valence electrons. The first-order valence-electron chi connectivity index (χ1n) is 35.2. The molecular formula is C76H132O6. The van der Waals surface area contributed by atoms with Crippen LogP contribution in [-0.2, 0) is 28.6 Å². The first kappa shape index (κ1) is 78.3. The van der Waals surface area contributed by atoms with Crippen molar-refractivity contribution in [3.8, 4) is 0 Å². The average molecular weight is 1140 g/mol. The third kappa shape index (κ3) is 67.1. The summed E-state index contributed by atoms with van der Waals surface area (Å²) in [6, 6.07) is 0. The minimum absolute atomic E-state index is 0.108. The van der Waals surface area contributed by atoms with Crippen molar-refractivity contribution in [1.29, 1.82) is 0 Å². The third-order valence-corrected chi connectivity index (χ3v) is 15.3. The van der Waals surface area contributed by atoms with Crippen LogP contribution in [-0.4, -0.2) is 37.2 Å². The van der Waals surface area contributed by atoms with Crippen LogP contribution >= 0.6 is 0 Å². The summed E-state index contributed by atoms with van der Waals surface area (Å²) in [7, 11) is 0. The summed E-state index contributed by atoms with van der Waals surface area (Å²) in [6.45, 7) is 6.38. The molecule has 0 aromatic carbocycles. The second-order valence-corrected chi connectivity index (χ2v) is 23.4. The zero-order chi connectivity index (χ0) is 59.2. The van der Waals surface area contributed by atoms with Crippen LogP contribution in [0.3, 0.4) is 0 Å². The number of carbonyl (C=O) groups excluding carboxylic acids is 3.